The van der Waals surface area contributed by atoms with Crippen LogP contribution in [0.1, 0.15) is 18.7 Å². The molecule has 112 valence electrons. The van der Waals surface area contributed by atoms with Gasteiger partial charge in [0, 0.05) is 5.56 Å². The van der Waals surface area contributed by atoms with Crippen LogP contribution in [0.4, 0.5) is 4.39 Å². The molecule has 3 rings (SSSR count). The van der Waals surface area contributed by atoms with Crippen molar-refractivity contribution >= 4 is 0 Å². The van der Waals surface area contributed by atoms with Gasteiger partial charge in [0.15, 0.2) is 5.82 Å². The molecule has 21 heavy (non-hydrogen) atoms. The molecule has 2 aromatic rings. The maximum Gasteiger partial charge on any atom is 0.257 e. The Balaban J connectivity index is 1.62. The standard InChI is InChI=1S/C15H19FN4O/c16-13-3-1-12(2-4-13)15-18-14(19-21-15)10-20-7-5-11(9-17)6-8-20/h1-4,11H,5-10,17H2. The lowest BCUT2D eigenvalue weighted by Crippen LogP contribution is -2.35. The Bertz CT molecular complexity index is 576. The van der Waals surface area contributed by atoms with Crippen LogP contribution in [-0.4, -0.2) is 34.7 Å². The van der Waals surface area contributed by atoms with Gasteiger partial charge in [-0.25, -0.2) is 4.39 Å². The van der Waals surface area contributed by atoms with E-state index in [-0.39, 0.29) is 5.82 Å². The number of benzene rings is 1. The Labute approximate surface area is 122 Å². The lowest BCUT2D eigenvalue weighted by molar-refractivity contribution is 0.175. The van der Waals surface area contributed by atoms with Crippen LogP contribution in [0, 0.1) is 11.7 Å². The number of halogens is 1. The first-order chi connectivity index (χ1) is 10.2. The number of rotatable bonds is 4. The summed E-state index contributed by atoms with van der Waals surface area (Å²) < 4.78 is 18.1. The predicted octanol–water partition coefficient (Wildman–Crippen LogP) is 2.05. The maximum atomic E-state index is 12.9. The molecular formula is C15H19FN4O. The SMILES string of the molecule is NCC1CCN(Cc2noc(-c3ccc(F)cc3)n2)CC1. The van der Waals surface area contributed by atoms with E-state index >= 15 is 0 Å². The molecular weight excluding hydrogens is 271 g/mol. The van der Waals surface area contributed by atoms with E-state index in [4.69, 9.17) is 10.3 Å². The van der Waals surface area contributed by atoms with Crippen molar-refractivity contribution in [1.82, 2.24) is 15.0 Å². The number of likely N-dealkylation sites (tertiary alicyclic amines) is 1. The van der Waals surface area contributed by atoms with Gasteiger partial charge in [-0.1, -0.05) is 5.16 Å². The molecule has 0 aliphatic carbocycles. The second-order valence-corrected chi connectivity index (χ2v) is 5.48. The highest BCUT2D eigenvalue weighted by atomic mass is 19.1. The quantitative estimate of drug-likeness (QED) is 0.933. The second kappa shape index (κ2) is 6.32. The smallest absolute Gasteiger partial charge is 0.257 e. The number of hydrogen-bond acceptors (Lipinski definition) is 5. The summed E-state index contributed by atoms with van der Waals surface area (Å²) in [5.74, 6) is 1.46. The summed E-state index contributed by atoms with van der Waals surface area (Å²) in [5.41, 5.74) is 6.43. The van der Waals surface area contributed by atoms with Crippen molar-refractivity contribution in [3.63, 3.8) is 0 Å². The van der Waals surface area contributed by atoms with Crippen LogP contribution >= 0.6 is 0 Å². The minimum atomic E-state index is -0.277. The molecule has 0 atom stereocenters. The summed E-state index contributed by atoms with van der Waals surface area (Å²) in [6.45, 7) is 3.48. The lowest BCUT2D eigenvalue weighted by atomic mass is 9.97. The summed E-state index contributed by atoms with van der Waals surface area (Å²) in [7, 11) is 0. The Hall–Kier alpha value is -1.79. The van der Waals surface area contributed by atoms with Gasteiger partial charge in [-0.15, -0.1) is 0 Å². The third-order valence-corrected chi connectivity index (χ3v) is 3.96. The highest BCUT2D eigenvalue weighted by molar-refractivity contribution is 5.52. The zero-order valence-electron chi connectivity index (χ0n) is 11.8. The van der Waals surface area contributed by atoms with E-state index in [1.165, 1.54) is 12.1 Å². The minimum Gasteiger partial charge on any atom is -0.334 e. The average molecular weight is 290 g/mol. The van der Waals surface area contributed by atoms with Crippen molar-refractivity contribution in [3.8, 4) is 11.5 Å². The van der Waals surface area contributed by atoms with Crippen LogP contribution in [-0.2, 0) is 6.54 Å². The Morgan fingerprint density at radius 1 is 1.24 bits per heavy atom. The normalized spacial score (nSPS) is 17.2. The van der Waals surface area contributed by atoms with Crippen molar-refractivity contribution in [3.05, 3.63) is 35.9 Å². The van der Waals surface area contributed by atoms with Crippen molar-refractivity contribution in [1.29, 1.82) is 0 Å². The first-order valence-corrected chi connectivity index (χ1v) is 7.25. The Morgan fingerprint density at radius 2 is 1.95 bits per heavy atom. The first-order valence-electron chi connectivity index (χ1n) is 7.25. The van der Waals surface area contributed by atoms with E-state index in [1.54, 1.807) is 12.1 Å². The summed E-state index contributed by atoms with van der Waals surface area (Å²) >= 11 is 0. The molecule has 0 radical (unpaired) electrons. The van der Waals surface area contributed by atoms with Crippen LogP contribution < -0.4 is 5.73 Å². The fourth-order valence-electron chi connectivity index (χ4n) is 2.61. The highest BCUT2D eigenvalue weighted by Crippen LogP contribution is 2.20. The average Bonchev–Trinajstić information content (AvgIpc) is 2.97. The molecule has 1 aromatic carbocycles. The number of hydrogen-bond donors (Lipinski definition) is 1. The van der Waals surface area contributed by atoms with Crippen molar-refractivity contribution in [2.24, 2.45) is 11.7 Å². The zero-order chi connectivity index (χ0) is 14.7. The molecule has 1 fully saturated rings. The number of nitrogens with zero attached hydrogens (tertiary/aromatic N) is 3. The third kappa shape index (κ3) is 3.46. The van der Waals surface area contributed by atoms with E-state index in [1.807, 2.05) is 0 Å². The molecule has 1 aliphatic rings. The van der Waals surface area contributed by atoms with Crippen LogP contribution in [0.2, 0.25) is 0 Å². The largest absolute Gasteiger partial charge is 0.334 e. The van der Waals surface area contributed by atoms with Crippen LogP contribution in [0.25, 0.3) is 11.5 Å². The molecule has 0 bridgehead atoms. The summed E-state index contributed by atoms with van der Waals surface area (Å²) in [6, 6.07) is 6.05. The van der Waals surface area contributed by atoms with Crippen molar-refractivity contribution < 1.29 is 8.91 Å². The van der Waals surface area contributed by atoms with Gasteiger partial charge in [0.25, 0.3) is 5.89 Å². The molecule has 6 heteroatoms. The van der Waals surface area contributed by atoms with E-state index in [9.17, 15) is 4.39 Å². The molecule has 0 spiro atoms. The predicted molar refractivity (Wildman–Crippen MR) is 76.7 cm³/mol. The molecule has 0 unspecified atom stereocenters. The topological polar surface area (TPSA) is 68.2 Å². The van der Waals surface area contributed by atoms with E-state index in [2.05, 4.69) is 15.0 Å². The molecule has 2 heterocycles. The third-order valence-electron chi connectivity index (χ3n) is 3.96. The molecule has 1 aliphatic heterocycles. The summed E-state index contributed by atoms with van der Waals surface area (Å²) in [6.07, 6.45) is 2.25. The minimum absolute atomic E-state index is 0.277. The zero-order valence-corrected chi connectivity index (χ0v) is 11.8. The Kier molecular flexibility index (Phi) is 4.26. The van der Waals surface area contributed by atoms with Crippen LogP contribution in [0.15, 0.2) is 28.8 Å². The van der Waals surface area contributed by atoms with Gasteiger partial charge in [-0.05, 0) is 62.7 Å². The van der Waals surface area contributed by atoms with Gasteiger partial charge >= 0.3 is 0 Å². The second-order valence-electron chi connectivity index (χ2n) is 5.48. The summed E-state index contributed by atoms with van der Waals surface area (Å²) in [4.78, 5) is 6.69. The van der Waals surface area contributed by atoms with E-state index in [0.717, 1.165) is 38.0 Å². The monoisotopic (exact) mass is 290 g/mol. The first kappa shape index (κ1) is 14.2. The Morgan fingerprint density at radius 3 is 2.62 bits per heavy atom. The molecule has 1 aromatic heterocycles. The number of nitrogens with two attached hydrogens (primary N) is 1. The van der Waals surface area contributed by atoms with Crippen molar-refractivity contribution in [2.75, 3.05) is 19.6 Å². The summed E-state index contributed by atoms with van der Waals surface area (Å²) in [5, 5.41) is 4.00. The number of piperidine rings is 1. The molecule has 1 saturated heterocycles. The fourth-order valence-corrected chi connectivity index (χ4v) is 2.61. The van der Waals surface area contributed by atoms with Crippen LogP contribution in [0.3, 0.4) is 0 Å². The molecule has 5 nitrogen and oxygen atoms in total. The maximum absolute atomic E-state index is 12.9. The van der Waals surface area contributed by atoms with Gasteiger partial charge in [-0.3, -0.25) is 4.90 Å². The lowest BCUT2D eigenvalue weighted by Gasteiger charge is -2.30. The van der Waals surface area contributed by atoms with Gasteiger partial charge < -0.3 is 10.3 Å². The molecule has 2 N–H and O–H groups in total. The van der Waals surface area contributed by atoms with Gasteiger partial charge in [0.2, 0.25) is 0 Å². The molecule has 0 saturated carbocycles. The van der Waals surface area contributed by atoms with Crippen LogP contribution in [0.5, 0.6) is 0 Å². The van der Waals surface area contributed by atoms with E-state index in [0.29, 0.717) is 24.2 Å². The molecule has 0 amide bonds. The highest BCUT2D eigenvalue weighted by Gasteiger charge is 2.20. The fraction of sp³-hybridized carbons (Fsp3) is 0.467. The number of aromatic nitrogens is 2. The van der Waals surface area contributed by atoms with Gasteiger partial charge in [0.05, 0.1) is 6.54 Å². The van der Waals surface area contributed by atoms with E-state index < -0.39 is 0 Å². The van der Waals surface area contributed by atoms with Crippen molar-refractivity contribution in [2.45, 2.75) is 19.4 Å². The van der Waals surface area contributed by atoms with Gasteiger partial charge in [-0.2, -0.15) is 4.98 Å². The van der Waals surface area contributed by atoms with Gasteiger partial charge in [0.1, 0.15) is 5.82 Å².